The van der Waals surface area contributed by atoms with E-state index in [4.69, 9.17) is 9.15 Å². The topological polar surface area (TPSA) is 176 Å². The summed E-state index contributed by atoms with van der Waals surface area (Å²) in [7, 11) is -3.87. The van der Waals surface area contributed by atoms with Gasteiger partial charge in [0.05, 0.1) is 23.5 Å². The standard InChI is InChI=1S/C34H50N4O9S/c1-7-37(8-2)16-17-48(44,45)28-13-15-38-31(28)34(43)47-32(22(3)4)24(6)11-12-29(41)35-14-9-10-23(5)18-25(39)19-26(40)20-30-36-27(21-46-30)33(38)42/h9-12,18,21-22,24-25,28,31-32,39H,7-8,13-17,19-20H2,1-6H3,(H,35,41). The molecule has 0 aliphatic carbocycles. The van der Waals surface area contributed by atoms with Crippen LogP contribution in [0.15, 0.2) is 46.6 Å². The number of nitrogens with zero attached hydrogens (tertiary/aromatic N) is 3. The first-order valence-corrected chi connectivity index (χ1v) is 18.3. The van der Waals surface area contributed by atoms with Crippen LogP contribution in [0, 0.1) is 11.8 Å². The SMILES string of the molecule is CCN(CC)CCS(=O)(=O)C1CCN2C(=O)c3coc(n3)CC(=O)CC(O)C=C(C)C=CCNC(=O)C=CC(C)C(C(C)C)OC(=O)C12. The van der Waals surface area contributed by atoms with E-state index >= 15 is 0 Å². The molecule has 3 heterocycles. The minimum atomic E-state index is -3.87. The Balaban J connectivity index is 2.00. The average Bonchev–Trinajstić information content (AvgIpc) is 3.68. The number of hydrogen-bond donors (Lipinski definition) is 2. The van der Waals surface area contributed by atoms with Gasteiger partial charge in [-0.05, 0) is 38.4 Å². The second-order valence-electron chi connectivity index (χ2n) is 12.7. The number of oxazole rings is 1. The van der Waals surface area contributed by atoms with Crippen LogP contribution in [0.5, 0.6) is 0 Å². The molecule has 2 aliphatic heterocycles. The van der Waals surface area contributed by atoms with Gasteiger partial charge in [-0.3, -0.25) is 14.4 Å². The van der Waals surface area contributed by atoms with Crippen molar-refractivity contribution in [3.63, 3.8) is 0 Å². The molecular formula is C34H50N4O9S. The number of nitrogens with one attached hydrogen (secondary N) is 1. The molecule has 48 heavy (non-hydrogen) atoms. The van der Waals surface area contributed by atoms with Crippen molar-refractivity contribution in [2.45, 2.75) is 84.3 Å². The van der Waals surface area contributed by atoms with Crippen LogP contribution in [0.1, 0.15) is 70.8 Å². The van der Waals surface area contributed by atoms with Crippen LogP contribution in [0.3, 0.4) is 0 Å². The zero-order chi connectivity index (χ0) is 35.6. The van der Waals surface area contributed by atoms with Gasteiger partial charge in [-0.15, -0.1) is 0 Å². The van der Waals surface area contributed by atoms with Crippen molar-refractivity contribution in [2.75, 3.05) is 38.5 Å². The molecule has 3 rings (SSSR count). The third kappa shape index (κ3) is 10.7. The van der Waals surface area contributed by atoms with E-state index in [0.717, 1.165) is 11.2 Å². The molecule has 2 N–H and O–H groups in total. The second kappa shape index (κ2) is 17.7. The maximum atomic E-state index is 14.0. The van der Waals surface area contributed by atoms with Gasteiger partial charge >= 0.3 is 5.97 Å². The number of fused-ring (bicyclic) bond motifs is 3. The van der Waals surface area contributed by atoms with Crippen LogP contribution in [0.2, 0.25) is 0 Å². The van der Waals surface area contributed by atoms with Crippen LogP contribution in [-0.4, -0.2) is 114 Å². The molecule has 266 valence electrons. The summed E-state index contributed by atoms with van der Waals surface area (Å²) in [6.07, 6.45) is 6.68. The van der Waals surface area contributed by atoms with Crippen LogP contribution in [0.25, 0.3) is 0 Å². The van der Waals surface area contributed by atoms with Gasteiger partial charge in [-0.1, -0.05) is 64.5 Å². The lowest BCUT2D eigenvalue weighted by Crippen LogP contribution is -2.50. The Labute approximate surface area is 283 Å². The summed E-state index contributed by atoms with van der Waals surface area (Å²) in [5.41, 5.74) is 0.505. The monoisotopic (exact) mass is 690 g/mol. The van der Waals surface area contributed by atoms with Gasteiger partial charge < -0.3 is 29.4 Å². The van der Waals surface area contributed by atoms with Crippen molar-refractivity contribution in [1.29, 1.82) is 0 Å². The number of hydrogen-bond acceptors (Lipinski definition) is 11. The quantitative estimate of drug-likeness (QED) is 0.402. The molecule has 0 radical (unpaired) electrons. The Morgan fingerprint density at radius 3 is 2.52 bits per heavy atom. The van der Waals surface area contributed by atoms with E-state index in [0.29, 0.717) is 18.7 Å². The lowest BCUT2D eigenvalue weighted by molar-refractivity contribution is -0.157. The molecule has 2 amide bonds. The molecule has 0 aromatic carbocycles. The fourth-order valence-corrected chi connectivity index (χ4v) is 7.92. The van der Waals surface area contributed by atoms with Gasteiger partial charge in [0.25, 0.3) is 5.91 Å². The number of amides is 2. The summed E-state index contributed by atoms with van der Waals surface area (Å²) >= 11 is 0. The Morgan fingerprint density at radius 2 is 1.85 bits per heavy atom. The molecule has 0 spiro atoms. The van der Waals surface area contributed by atoms with Crippen molar-refractivity contribution in [2.24, 2.45) is 11.8 Å². The highest BCUT2D eigenvalue weighted by Gasteiger charge is 2.50. The first-order chi connectivity index (χ1) is 22.7. The summed E-state index contributed by atoms with van der Waals surface area (Å²) in [6.45, 7) is 12.9. The van der Waals surface area contributed by atoms with Crippen molar-refractivity contribution in [3.8, 4) is 0 Å². The molecule has 5 unspecified atom stereocenters. The van der Waals surface area contributed by atoms with Gasteiger partial charge in [0.15, 0.2) is 15.5 Å². The Kier molecular flexibility index (Phi) is 14.3. The number of Topliss-reactive ketones (excluding diaryl/α,β-unsaturated/α-hetero) is 1. The highest BCUT2D eigenvalue weighted by molar-refractivity contribution is 7.92. The lowest BCUT2D eigenvalue weighted by Gasteiger charge is -2.31. The first-order valence-electron chi connectivity index (χ1n) is 16.6. The number of aliphatic hydroxyl groups is 1. The van der Waals surface area contributed by atoms with E-state index in [9.17, 15) is 32.7 Å². The third-order valence-corrected chi connectivity index (χ3v) is 10.8. The zero-order valence-electron chi connectivity index (χ0n) is 28.8. The largest absolute Gasteiger partial charge is 0.460 e. The second-order valence-corrected chi connectivity index (χ2v) is 15.0. The molecule has 1 fully saturated rings. The smallest absolute Gasteiger partial charge is 0.330 e. The number of ketones is 1. The molecule has 2 bridgehead atoms. The Bertz CT molecular complexity index is 1490. The van der Waals surface area contributed by atoms with Gasteiger partial charge in [0.2, 0.25) is 11.8 Å². The molecular weight excluding hydrogens is 640 g/mol. The van der Waals surface area contributed by atoms with Crippen LogP contribution in [0.4, 0.5) is 0 Å². The number of ether oxygens (including phenoxy) is 1. The predicted molar refractivity (Wildman–Crippen MR) is 180 cm³/mol. The van der Waals surface area contributed by atoms with E-state index in [-0.39, 0.29) is 73.8 Å². The number of aliphatic hydroxyl groups excluding tert-OH is 1. The number of allylic oxidation sites excluding steroid dienone is 2. The molecule has 1 aromatic heterocycles. The molecule has 5 atom stereocenters. The minimum Gasteiger partial charge on any atom is -0.460 e. The van der Waals surface area contributed by atoms with E-state index < -0.39 is 51.1 Å². The Morgan fingerprint density at radius 1 is 1.15 bits per heavy atom. The first kappa shape index (κ1) is 38.8. The molecule has 13 nitrogen and oxygen atoms in total. The zero-order valence-corrected chi connectivity index (χ0v) is 29.6. The summed E-state index contributed by atoms with van der Waals surface area (Å²) in [4.78, 5) is 60.3. The number of cyclic esters (lactones) is 1. The summed E-state index contributed by atoms with van der Waals surface area (Å²) in [5.74, 6) is -3.23. The fourth-order valence-electron chi connectivity index (χ4n) is 5.99. The van der Waals surface area contributed by atoms with Gasteiger partial charge in [-0.2, -0.15) is 0 Å². The van der Waals surface area contributed by atoms with Crippen LogP contribution < -0.4 is 5.32 Å². The van der Waals surface area contributed by atoms with Crippen LogP contribution in [-0.2, 0) is 35.4 Å². The van der Waals surface area contributed by atoms with E-state index in [2.05, 4.69) is 10.3 Å². The normalized spacial score (nSPS) is 25.6. The van der Waals surface area contributed by atoms with E-state index in [1.807, 2.05) is 32.6 Å². The summed E-state index contributed by atoms with van der Waals surface area (Å²) < 4.78 is 38.9. The number of carbonyl (C=O) groups is 4. The fraction of sp³-hybridized carbons (Fsp3) is 0.618. The molecule has 0 saturated carbocycles. The number of aromatic nitrogens is 1. The van der Waals surface area contributed by atoms with E-state index in [1.165, 1.54) is 12.2 Å². The highest BCUT2D eigenvalue weighted by Crippen LogP contribution is 2.30. The molecule has 2 aliphatic rings. The van der Waals surface area contributed by atoms with Crippen molar-refractivity contribution >= 4 is 33.4 Å². The molecule has 1 aromatic rings. The predicted octanol–water partition coefficient (Wildman–Crippen LogP) is 2.27. The third-order valence-electron chi connectivity index (χ3n) is 8.66. The maximum absolute atomic E-state index is 14.0. The number of rotatable bonds is 7. The van der Waals surface area contributed by atoms with Crippen molar-refractivity contribution < 1.29 is 41.9 Å². The number of sulfone groups is 1. The molecule has 14 heteroatoms. The van der Waals surface area contributed by atoms with E-state index in [1.54, 1.807) is 32.1 Å². The summed E-state index contributed by atoms with van der Waals surface area (Å²) in [5, 5.41) is 11.9. The van der Waals surface area contributed by atoms with Gasteiger partial charge in [-0.25, -0.2) is 18.2 Å². The molecule has 1 saturated heterocycles. The number of carbonyl (C=O) groups excluding carboxylic acids is 4. The minimum absolute atomic E-state index is 0.0243. The van der Waals surface area contributed by atoms with Crippen LogP contribution >= 0.6 is 0 Å². The Hall–Kier alpha value is -3.62. The average molecular weight is 691 g/mol. The van der Waals surface area contributed by atoms with Gasteiger partial charge in [0.1, 0.15) is 24.2 Å². The van der Waals surface area contributed by atoms with Crippen molar-refractivity contribution in [3.05, 3.63) is 53.8 Å². The summed E-state index contributed by atoms with van der Waals surface area (Å²) in [6, 6.07) is -1.44. The lowest BCUT2D eigenvalue weighted by atomic mass is 9.94. The highest BCUT2D eigenvalue weighted by atomic mass is 32.2. The maximum Gasteiger partial charge on any atom is 0.330 e. The number of esters is 1. The van der Waals surface area contributed by atoms with Crippen molar-refractivity contribution in [1.82, 2.24) is 20.1 Å². The van der Waals surface area contributed by atoms with Gasteiger partial charge in [0, 0.05) is 32.0 Å².